The maximum Gasteiger partial charge on any atom is 0.232 e. The van der Waals surface area contributed by atoms with Crippen LogP contribution in [0.15, 0.2) is 24.5 Å². The van der Waals surface area contributed by atoms with Crippen molar-refractivity contribution in [3.63, 3.8) is 0 Å². The molecule has 0 unspecified atom stereocenters. The van der Waals surface area contributed by atoms with E-state index in [1.165, 1.54) is 24.5 Å². The van der Waals surface area contributed by atoms with Crippen molar-refractivity contribution in [3.8, 4) is 17.2 Å². The quantitative estimate of drug-likeness (QED) is 0.777. The van der Waals surface area contributed by atoms with E-state index in [0.717, 1.165) is 0 Å². The Bertz CT molecular complexity index is 578. The molecule has 1 aromatic carbocycles. The van der Waals surface area contributed by atoms with Crippen LogP contribution in [0.25, 0.3) is 11.1 Å². The van der Waals surface area contributed by atoms with Crippen LogP contribution >= 0.6 is 0 Å². The molecule has 0 spiro atoms. The van der Waals surface area contributed by atoms with Gasteiger partial charge in [0.2, 0.25) is 5.82 Å². The highest BCUT2D eigenvalue weighted by Crippen LogP contribution is 2.25. The van der Waals surface area contributed by atoms with Crippen LogP contribution in [0.1, 0.15) is 18.8 Å². The molecule has 2 rings (SSSR count). The summed E-state index contributed by atoms with van der Waals surface area (Å²) in [6.07, 6.45) is 2.45. The molecule has 0 radical (unpaired) electrons. The van der Waals surface area contributed by atoms with Gasteiger partial charge in [0.05, 0.1) is 5.56 Å². The Kier molecular flexibility index (Phi) is 4.05. The van der Waals surface area contributed by atoms with Crippen LogP contribution in [0, 0.1) is 29.9 Å². The number of hydrogen-bond acceptors (Lipinski definition) is 3. The van der Waals surface area contributed by atoms with Gasteiger partial charge in [0.1, 0.15) is 17.7 Å². The van der Waals surface area contributed by atoms with Gasteiger partial charge in [-0.1, -0.05) is 7.43 Å². The summed E-state index contributed by atoms with van der Waals surface area (Å²) in [5, 5.41) is 8.52. The van der Waals surface area contributed by atoms with Gasteiger partial charge in [0, 0.05) is 18.0 Å². The molecule has 0 bridgehead atoms. The second kappa shape index (κ2) is 5.32. The number of hydrogen-bond donors (Lipinski definition) is 0. The minimum atomic E-state index is -0.671. The van der Waals surface area contributed by atoms with Crippen molar-refractivity contribution in [1.29, 1.82) is 5.26 Å². The van der Waals surface area contributed by atoms with E-state index < -0.39 is 11.6 Å². The molecule has 92 valence electrons. The van der Waals surface area contributed by atoms with Crippen molar-refractivity contribution in [2.24, 2.45) is 0 Å². The van der Waals surface area contributed by atoms with Gasteiger partial charge >= 0.3 is 0 Å². The van der Waals surface area contributed by atoms with E-state index in [9.17, 15) is 8.78 Å². The molecule has 1 heterocycles. The molecule has 18 heavy (non-hydrogen) atoms. The van der Waals surface area contributed by atoms with Crippen molar-refractivity contribution in [3.05, 3.63) is 47.5 Å². The molecule has 1 aromatic heterocycles. The van der Waals surface area contributed by atoms with Crippen LogP contribution in [0.3, 0.4) is 0 Å². The fourth-order valence-corrected chi connectivity index (χ4v) is 1.49. The fraction of sp³-hybridized carbons (Fsp3) is 0.154. The predicted molar refractivity (Wildman–Crippen MR) is 63.6 cm³/mol. The van der Waals surface area contributed by atoms with E-state index in [1.807, 2.05) is 0 Å². The Balaban J connectivity index is 0.00000162. The number of rotatable bonds is 1. The molecule has 0 amide bonds. The Morgan fingerprint density at radius 3 is 2.06 bits per heavy atom. The second-order valence-corrected chi connectivity index (χ2v) is 3.51. The number of aromatic nitrogens is 2. The summed E-state index contributed by atoms with van der Waals surface area (Å²) in [6, 6.07) is 4.20. The van der Waals surface area contributed by atoms with Crippen LogP contribution in [-0.2, 0) is 0 Å². The average Bonchev–Trinajstić information content (AvgIpc) is 2.28. The minimum Gasteiger partial charge on any atom is -0.227 e. The molecule has 3 nitrogen and oxygen atoms in total. The van der Waals surface area contributed by atoms with Crippen LogP contribution in [0.4, 0.5) is 8.78 Å². The fourth-order valence-electron chi connectivity index (χ4n) is 1.49. The summed E-state index contributed by atoms with van der Waals surface area (Å²) >= 11 is 0. The first kappa shape index (κ1) is 13.7. The Labute approximate surface area is 104 Å². The van der Waals surface area contributed by atoms with Crippen molar-refractivity contribution in [2.75, 3.05) is 0 Å². The second-order valence-electron chi connectivity index (χ2n) is 3.51. The van der Waals surface area contributed by atoms with Gasteiger partial charge in [-0.05, 0) is 24.6 Å². The van der Waals surface area contributed by atoms with Crippen molar-refractivity contribution in [2.45, 2.75) is 14.4 Å². The molecule has 0 aliphatic carbocycles. The molecule has 0 fully saturated rings. The van der Waals surface area contributed by atoms with Crippen molar-refractivity contribution >= 4 is 0 Å². The molecule has 2 aromatic rings. The lowest BCUT2D eigenvalue weighted by Gasteiger charge is -2.05. The molecular weight excluding hydrogens is 236 g/mol. The highest BCUT2D eigenvalue weighted by atomic mass is 19.1. The summed E-state index contributed by atoms with van der Waals surface area (Å²) in [6.45, 7) is 1.60. The number of benzene rings is 1. The smallest absolute Gasteiger partial charge is 0.227 e. The third-order valence-corrected chi connectivity index (χ3v) is 2.23. The molecule has 0 aliphatic heterocycles. The molecule has 0 saturated carbocycles. The Hall–Kier alpha value is -2.35. The summed E-state index contributed by atoms with van der Waals surface area (Å²) < 4.78 is 27.2. The summed E-state index contributed by atoms with van der Waals surface area (Å²) in [7, 11) is 0. The molecule has 0 atom stereocenters. The van der Waals surface area contributed by atoms with Gasteiger partial charge in [0.15, 0.2) is 0 Å². The standard InChI is InChI=1S/C12H7F2N3.CH4/c1-7-2-9(13)12(10(14)3-7)8-5-16-11(4-15)17-6-8;/h2-3,5-6H,1H3;1H4. The number of aryl methyl sites for hydroxylation is 1. The molecule has 0 N–H and O–H groups in total. The molecular formula is C13H11F2N3. The van der Waals surface area contributed by atoms with E-state index in [-0.39, 0.29) is 24.4 Å². The first-order chi connectivity index (χ1) is 8.11. The minimum absolute atomic E-state index is 0. The van der Waals surface area contributed by atoms with E-state index in [1.54, 1.807) is 13.0 Å². The van der Waals surface area contributed by atoms with Crippen molar-refractivity contribution in [1.82, 2.24) is 9.97 Å². The van der Waals surface area contributed by atoms with E-state index in [2.05, 4.69) is 9.97 Å². The summed E-state index contributed by atoms with van der Waals surface area (Å²) in [4.78, 5) is 7.35. The monoisotopic (exact) mass is 247 g/mol. The zero-order chi connectivity index (χ0) is 12.4. The normalized spacial score (nSPS) is 9.44. The first-order valence-electron chi connectivity index (χ1n) is 4.80. The zero-order valence-corrected chi connectivity index (χ0v) is 8.91. The third kappa shape index (κ3) is 2.48. The Morgan fingerprint density at radius 2 is 1.61 bits per heavy atom. The lowest BCUT2D eigenvalue weighted by molar-refractivity contribution is 0.587. The highest BCUT2D eigenvalue weighted by Gasteiger charge is 2.13. The number of nitrogens with zero attached hydrogens (tertiary/aromatic N) is 3. The number of halogens is 2. The van der Waals surface area contributed by atoms with Crippen LogP contribution in [0.5, 0.6) is 0 Å². The molecule has 0 saturated heterocycles. The van der Waals surface area contributed by atoms with Gasteiger partial charge in [-0.25, -0.2) is 18.7 Å². The SMILES string of the molecule is C.Cc1cc(F)c(-c2cnc(C#N)nc2)c(F)c1. The summed E-state index contributed by atoms with van der Waals surface area (Å²) in [5.41, 5.74) is 0.525. The van der Waals surface area contributed by atoms with Gasteiger partial charge in [-0.2, -0.15) is 5.26 Å². The van der Waals surface area contributed by atoms with Crippen LogP contribution < -0.4 is 0 Å². The number of nitriles is 1. The average molecular weight is 247 g/mol. The highest BCUT2D eigenvalue weighted by molar-refractivity contribution is 5.63. The van der Waals surface area contributed by atoms with E-state index >= 15 is 0 Å². The lowest BCUT2D eigenvalue weighted by Crippen LogP contribution is -1.95. The Morgan fingerprint density at radius 1 is 1.11 bits per heavy atom. The zero-order valence-electron chi connectivity index (χ0n) is 8.91. The van der Waals surface area contributed by atoms with Crippen LogP contribution in [0.2, 0.25) is 0 Å². The van der Waals surface area contributed by atoms with Gasteiger partial charge in [-0.15, -0.1) is 0 Å². The predicted octanol–water partition coefficient (Wildman–Crippen LogP) is 3.24. The maximum atomic E-state index is 13.6. The van der Waals surface area contributed by atoms with Gasteiger partial charge in [0.25, 0.3) is 0 Å². The van der Waals surface area contributed by atoms with Gasteiger partial charge < -0.3 is 0 Å². The maximum absolute atomic E-state index is 13.6. The van der Waals surface area contributed by atoms with Gasteiger partial charge in [-0.3, -0.25) is 0 Å². The third-order valence-electron chi connectivity index (χ3n) is 2.23. The largest absolute Gasteiger partial charge is 0.232 e. The lowest BCUT2D eigenvalue weighted by atomic mass is 10.1. The van der Waals surface area contributed by atoms with Crippen LogP contribution in [-0.4, -0.2) is 9.97 Å². The molecule has 0 aliphatic rings. The van der Waals surface area contributed by atoms with E-state index in [0.29, 0.717) is 5.56 Å². The molecule has 5 heteroatoms. The van der Waals surface area contributed by atoms with Crippen molar-refractivity contribution < 1.29 is 8.78 Å². The topological polar surface area (TPSA) is 49.6 Å². The summed E-state index contributed by atoms with van der Waals surface area (Å²) in [5.74, 6) is -1.38. The van der Waals surface area contributed by atoms with E-state index in [4.69, 9.17) is 5.26 Å². The first-order valence-corrected chi connectivity index (χ1v) is 4.80.